The molecular weight excluding hydrogens is 188 g/mol. The molecule has 2 rings (SSSR count). The Hall–Kier alpha value is -0.120. The third-order valence-corrected chi connectivity index (χ3v) is 4.17. The van der Waals surface area contributed by atoms with Gasteiger partial charge in [0.2, 0.25) is 0 Å². The van der Waals surface area contributed by atoms with Crippen molar-refractivity contribution in [3.63, 3.8) is 0 Å². The van der Waals surface area contributed by atoms with Gasteiger partial charge in [-0.3, -0.25) is 4.90 Å². The van der Waals surface area contributed by atoms with E-state index in [-0.39, 0.29) is 6.10 Å². The monoisotopic (exact) mass is 212 g/mol. The van der Waals surface area contributed by atoms with Crippen LogP contribution < -0.4 is 5.73 Å². The second-order valence-corrected chi connectivity index (χ2v) is 5.34. The average Bonchev–Trinajstić information content (AvgIpc) is 2.23. The fourth-order valence-electron chi connectivity index (χ4n) is 3.01. The molecule has 15 heavy (non-hydrogen) atoms. The van der Waals surface area contributed by atoms with Crippen LogP contribution in [0.5, 0.6) is 0 Å². The highest BCUT2D eigenvalue weighted by Gasteiger charge is 2.32. The molecule has 0 aromatic rings. The second kappa shape index (κ2) is 4.81. The summed E-state index contributed by atoms with van der Waals surface area (Å²) in [5, 5.41) is 10.0. The molecule has 1 heterocycles. The fraction of sp³-hybridized carbons (Fsp3) is 1.00. The number of likely N-dealkylation sites (tertiary alicyclic amines) is 1. The van der Waals surface area contributed by atoms with E-state index in [9.17, 15) is 5.11 Å². The van der Waals surface area contributed by atoms with Crippen molar-refractivity contribution in [3.8, 4) is 0 Å². The van der Waals surface area contributed by atoms with Gasteiger partial charge in [0.25, 0.3) is 0 Å². The van der Waals surface area contributed by atoms with E-state index in [0.717, 1.165) is 25.9 Å². The molecule has 0 spiro atoms. The summed E-state index contributed by atoms with van der Waals surface area (Å²) in [5.41, 5.74) is 6.02. The first-order chi connectivity index (χ1) is 7.18. The van der Waals surface area contributed by atoms with Crippen LogP contribution >= 0.6 is 0 Å². The Morgan fingerprint density at radius 2 is 1.93 bits per heavy atom. The number of aliphatic hydroxyl groups excluding tert-OH is 1. The van der Waals surface area contributed by atoms with E-state index in [1.54, 1.807) is 0 Å². The van der Waals surface area contributed by atoms with E-state index < -0.39 is 0 Å². The van der Waals surface area contributed by atoms with E-state index >= 15 is 0 Å². The van der Waals surface area contributed by atoms with E-state index in [4.69, 9.17) is 5.73 Å². The fourth-order valence-corrected chi connectivity index (χ4v) is 3.01. The number of nitrogens with zero attached hydrogens (tertiary/aromatic N) is 1. The molecule has 4 unspecified atom stereocenters. The zero-order chi connectivity index (χ0) is 10.8. The Bertz CT molecular complexity index is 210. The minimum atomic E-state index is -0.0970. The number of aliphatic hydroxyl groups is 1. The van der Waals surface area contributed by atoms with Gasteiger partial charge in [0.1, 0.15) is 0 Å². The molecule has 3 nitrogen and oxygen atoms in total. The predicted molar refractivity (Wildman–Crippen MR) is 61.6 cm³/mol. The molecule has 1 saturated heterocycles. The molecule has 3 N–H and O–H groups in total. The molecule has 2 fully saturated rings. The summed E-state index contributed by atoms with van der Waals surface area (Å²) in [4.78, 5) is 2.47. The summed E-state index contributed by atoms with van der Waals surface area (Å²) in [6, 6.07) is 0.774. The van der Waals surface area contributed by atoms with Crippen LogP contribution in [0.25, 0.3) is 0 Å². The van der Waals surface area contributed by atoms with E-state index in [1.165, 1.54) is 19.3 Å². The zero-order valence-corrected chi connectivity index (χ0v) is 9.73. The predicted octanol–water partition coefficient (Wildman–Crippen LogP) is 0.959. The topological polar surface area (TPSA) is 49.5 Å². The number of piperidine rings is 1. The summed E-state index contributed by atoms with van der Waals surface area (Å²) in [6.07, 6.45) is 5.62. The molecule has 88 valence electrons. The Kier molecular flexibility index (Phi) is 3.65. The Balaban J connectivity index is 1.92. The van der Waals surface area contributed by atoms with Crippen molar-refractivity contribution in [2.45, 2.75) is 57.2 Å². The Morgan fingerprint density at radius 3 is 2.60 bits per heavy atom. The minimum Gasteiger partial charge on any atom is -0.391 e. The number of hydrogen-bond acceptors (Lipinski definition) is 3. The Morgan fingerprint density at radius 1 is 1.20 bits per heavy atom. The molecule has 1 aliphatic carbocycles. The van der Waals surface area contributed by atoms with Crippen LogP contribution in [0.2, 0.25) is 0 Å². The van der Waals surface area contributed by atoms with Gasteiger partial charge in [0.15, 0.2) is 0 Å². The molecule has 0 aromatic carbocycles. The molecule has 0 amide bonds. The van der Waals surface area contributed by atoms with Crippen LogP contribution in [0.15, 0.2) is 0 Å². The van der Waals surface area contributed by atoms with Gasteiger partial charge in [-0.1, -0.05) is 19.8 Å². The summed E-state index contributed by atoms with van der Waals surface area (Å²) in [7, 11) is 0. The van der Waals surface area contributed by atoms with Crippen LogP contribution in [0.3, 0.4) is 0 Å². The summed E-state index contributed by atoms with van der Waals surface area (Å²) >= 11 is 0. The van der Waals surface area contributed by atoms with Crippen molar-refractivity contribution in [2.75, 3.05) is 13.1 Å². The van der Waals surface area contributed by atoms with Gasteiger partial charge in [-0.15, -0.1) is 0 Å². The van der Waals surface area contributed by atoms with Gasteiger partial charge in [0.05, 0.1) is 6.10 Å². The molecule has 1 saturated carbocycles. The molecule has 4 atom stereocenters. The van der Waals surface area contributed by atoms with Crippen molar-refractivity contribution in [1.82, 2.24) is 4.90 Å². The molecule has 1 aliphatic heterocycles. The van der Waals surface area contributed by atoms with Crippen LogP contribution in [-0.4, -0.2) is 41.3 Å². The summed E-state index contributed by atoms with van der Waals surface area (Å²) in [5.74, 6) is 0.577. The highest BCUT2D eigenvalue weighted by Crippen LogP contribution is 2.26. The van der Waals surface area contributed by atoms with Crippen LogP contribution in [0.4, 0.5) is 0 Å². The van der Waals surface area contributed by atoms with Crippen molar-refractivity contribution in [2.24, 2.45) is 11.7 Å². The van der Waals surface area contributed by atoms with Gasteiger partial charge in [0, 0.05) is 25.2 Å². The molecular formula is C12H24N2O. The lowest BCUT2D eigenvalue weighted by Crippen LogP contribution is -2.53. The quantitative estimate of drug-likeness (QED) is 0.680. The highest BCUT2D eigenvalue weighted by atomic mass is 16.3. The average molecular weight is 212 g/mol. The van der Waals surface area contributed by atoms with Crippen molar-refractivity contribution < 1.29 is 5.11 Å². The number of rotatable bonds is 1. The van der Waals surface area contributed by atoms with Gasteiger partial charge in [-0.05, 0) is 25.2 Å². The molecule has 0 bridgehead atoms. The third-order valence-electron chi connectivity index (χ3n) is 4.17. The van der Waals surface area contributed by atoms with Crippen LogP contribution in [0.1, 0.15) is 39.0 Å². The van der Waals surface area contributed by atoms with Crippen molar-refractivity contribution >= 4 is 0 Å². The van der Waals surface area contributed by atoms with Gasteiger partial charge in [-0.25, -0.2) is 0 Å². The molecule has 2 aliphatic rings. The van der Waals surface area contributed by atoms with E-state index in [0.29, 0.717) is 18.0 Å². The largest absolute Gasteiger partial charge is 0.391 e. The molecule has 3 heteroatoms. The smallest absolute Gasteiger partial charge is 0.0695 e. The first kappa shape index (κ1) is 11.4. The van der Waals surface area contributed by atoms with Crippen LogP contribution in [-0.2, 0) is 0 Å². The maximum Gasteiger partial charge on any atom is 0.0695 e. The van der Waals surface area contributed by atoms with Crippen molar-refractivity contribution in [1.29, 1.82) is 0 Å². The lowest BCUT2D eigenvalue weighted by molar-refractivity contribution is -0.00143. The van der Waals surface area contributed by atoms with E-state index in [2.05, 4.69) is 11.8 Å². The third kappa shape index (κ3) is 2.52. The summed E-state index contributed by atoms with van der Waals surface area (Å²) in [6.45, 7) is 4.38. The van der Waals surface area contributed by atoms with Gasteiger partial charge >= 0.3 is 0 Å². The van der Waals surface area contributed by atoms with Gasteiger partial charge in [-0.2, -0.15) is 0 Å². The lowest BCUT2D eigenvalue weighted by Gasteiger charge is -2.43. The Labute approximate surface area is 92.6 Å². The van der Waals surface area contributed by atoms with Crippen molar-refractivity contribution in [3.05, 3.63) is 0 Å². The normalized spacial score (nSPS) is 44.2. The van der Waals surface area contributed by atoms with Crippen LogP contribution in [0, 0.1) is 5.92 Å². The number of hydrogen-bond donors (Lipinski definition) is 2. The second-order valence-electron chi connectivity index (χ2n) is 5.34. The summed E-state index contributed by atoms with van der Waals surface area (Å²) < 4.78 is 0. The highest BCUT2D eigenvalue weighted by molar-refractivity contribution is 4.88. The lowest BCUT2D eigenvalue weighted by atomic mass is 9.87. The minimum absolute atomic E-state index is 0.0970. The van der Waals surface area contributed by atoms with Gasteiger partial charge < -0.3 is 10.8 Å². The first-order valence-electron chi connectivity index (χ1n) is 6.36. The zero-order valence-electron chi connectivity index (χ0n) is 9.73. The van der Waals surface area contributed by atoms with E-state index in [1.807, 2.05) is 0 Å². The SMILES string of the molecule is CC1CN(C2CCCCC2O)CCC1N. The molecule has 0 aromatic heterocycles. The standard InChI is InChI=1S/C12H24N2O/c1-9-8-14(7-6-10(9)13)11-4-2-3-5-12(11)15/h9-12,15H,2-8,13H2,1H3. The number of nitrogens with two attached hydrogens (primary N) is 1. The molecule has 0 radical (unpaired) electrons. The maximum atomic E-state index is 10.0. The maximum absolute atomic E-state index is 10.0. The first-order valence-corrected chi connectivity index (χ1v) is 6.36.